The number of rotatable bonds is 7. The molecule has 3 rings (SSSR count). The SMILES string of the molecule is COCCn1c(SC(C)c2nnc(C)o2)nnc1-c1ccc(Cl)cc1. The van der Waals surface area contributed by atoms with Gasteiger partial charge in [0.05, 0.1) is 18.4 Å². The van der Waals surface area contributed by atoms with Crippen LogP contribution in [-0.4, -0.2) is 38.7 Å². The standard InChI is InChI=1S/C16H18ClN5O2S/c1-10(15-20-18-11(2)24-15)25-16-21-19-14(22(16)8-9-23-3)12-4-6-13(17)7-5-12/h4-7,10H,8-9H2,1-3H3. The average Bonchev–Trinajstić information content (AvgIpc) is 3.20. The van der Waals surface area contributed by atoms with Gasteiger partial charge in [-0.15, -0.1) is 20.4 Å². The molecule has 7 nitrogen and oxygen atoms in total. The topological polar surface area (TPSA) is 78.9 Å². The predicted octanol–water partition coefficient (Wildman–Crippen LogP) is 3.79. The highest BCUT2D eigenvalue weighted by Crippen LogP contribution is 2.34. The number of aryl methyl sites for hydroxylation is 1. The van der Waals surface area contributed by atoms with Crippen LogP contribution in [0.4, 0.5) is 0 Å². The van der Waals surface area contributed by atoms with Gasteiger partial charge in [0, 0.05) is 24.6 Å². The normalized spacial score (nSPS) is 12.5. The van der Waals surface area contributed by atoms with E-state index < -0.39 is 0 Å². The highest BCUT2D eigenvalue weighted by atomic mass is 35.5. The Hall–Kier alpha value is -1.90. The smallest absolute Gasteiger partial charge is 0.229 e. The first-order chi connectivity index (χ1) is 12.1. The first-order valence-electron chi connectivity index (χ1n) is 7.73. The molecule has 1 unspecified atom stereocenters. The number of benzene rings is 1. The lowest BCUT2D eigenvalue weighted by molar-refractivity contribution is 0.185. The second-order valence-electron chi connectivity index (χ2n) is 5.38. The van der Waals surface area contributed by atoms with E-state index in [0.717, 1.165) is 16.5 Å². The van der Waals surface area contributed by atoms with Crippen molar-refractivity contribution in [2.24, 2.45) is 0 Å². The van der Waals surface area contributed by atoms with Gasteiger partial charge in [-0.05, 0) is 31.2 Å². The van der Waals surface area contributed by atoms with Crippen molar-refractivity contribution in [1.29, 1.82) is 0 Å². The summed E-state index contributed by atoms with van der Waals surface area (Å²) in [7, 11) is 1.67. The van der Waals surface area contributed by atoms with Crippen LogP contribution in [0.1, 0.15) is 24.0 Å². The minimum Gasteiger partial charge on any atom is -0.424 e. The number of thioether (sulfide) groups is 1. The molecule has 1 atom stereocenters. The van der Waals surface area contributed by atoms with Crippen molar-refractivity contribution in [2.45, 2.75) is 30.8 Å². The van der Waals surface area contributed by atoms with Crippen LogP contribution in [0.25, 0.3) is 11.4 Å². The van der Waals surface area contributed by atoms with Gasteiger partial charge < -0.3 is 9.15 Å². The summed E-state index contributed by atoms with van der Waals surface area (Å²) in [6.07, 6.45) is 0. The Labute approximate surface area is 154 Å². The summed E-state index contributed by atoms with van der Waals surface area (Å²) in [6.45, 7) is 4.96. The maximum Gasteiger partial charge on any atom is 0.229 e. The van der Waals surface area contributed by atoms with Crippen LogP contribution in [0.2, 0.25) is 5.02 Å². The zero-order valence-corrected chi connectivity index (χ0v) is 15.7. The maximum atomic E-state index is 5.98. The lowest BCUT2D eigenvalue weighted by Crippen LogP contribution is -2.08. The molecule has 2 aromatic heterocycles. The van der Waals surface area contributed by atoms with Crippen LogP contribution in [0.15, 0.2) is 33.8 Å². The third-order valence-electron chi connectivity index (χ3n) is 3.51. The molecule has 2 heterocycles. The molecule has 0 saturated carbocycles. The van der Waals surface area contributed by atoms with E-state index in [0.29, 0.717) is 30.0 Å². The highest BCUT2D eigenvalue weighted by molar-refractivity contribution is 7.99. The molecular weight excluding hydrogens is 362 g/mol. The van der Waals surface area contributed by atoms with E-state index in [1.807, 2.05) is 35.8 Å². The zero-order chi connectivity index (χ0) is 17.8. The number of ether oxygens (including phenoxy) is 1. The van der Waals surface area contributed by atoms with Crippen LogP contribution >= 0.6 is 23.4 Å². The average molecular weight is 380 g/mol. The Morgan fingerprint density at radius 3 is 2.60 bits per heavy atom. The van der Waals surface area contributed by atoms with E-state index in [-0.39, 0.29) is 5.25 Å². The molecule has 0 fully saturated rings. The van der Waals surface area contributed by atoms with Crippen LogP contribution in [0.5, 0.6) is 0 Å². The number of hydrogen-bond acceptors (Lipinski definition) is 7. The summed E-state index contributed by atoms with van der Waals surface area (Å²) >= 11 is 7.49. The Morgan fingerprint density at radius 2 is 1.96 bits per heavy atom. The molecule has 0 saturated heterocycles. The van der Waals surface area contributed by atoms with Crippen LogP contribution in [0, 0.1) is 6.92 Å². The molecule has 25 heavy (non-hydrogen) atoms. The third-order valence-corrected chi connectivity index (χ3v) is 4.83. The molecule has 0 radical (unpaired) electrons. The number of halogens is 1. The first-order valence-corrected chi connectivity index (χ1v) is 8.99. The van der Waals surface area contributed by atoms with Gasteiger partial charge in [-0.3, -0.25) is 4.57 Å². The molecule has 132 valence electrons. The van der Waals surface area contributed by atoms with E-state index in [9.17, 15) is 0 Å². The molecule has 9 heteroatoms. The van der Waals surface area contributed by atoms with Gasteiger partial charge in [-0.2, -0.15) is 0 Å². The molecule has 0 bridgehead atoms. The van der Waals surface area contributed by atoms with Crippen LogP contribution < -0.4 is 0 Å². The maximum absolute atomic E-state index is 5.98. The molecule has 1 aromatic carbocycles. The predicted molar refractivity (Wildman–Crippen MR) is 95.7 cm³/mol. The van der Waals surface area contributed by atoms with Crippen molar-refractivity contribution >= 4 is 23.4 Å². The fraction of sp³-hybridized carbons (Fsp3) is 0.375. The Balaban J connectivity index is 1.89. The second kappa shape index (κ2) is 7.99. The lowest BCUT2D eigenvalue weighted by Gasteiger charge is -2.11. The quantitative estimate of drug-likeness (QED) is 0.578. The lowest BCUT2D eigenvalue weighted by atomic mass is 10.2. The van der Waals surface area contributed by atoms with E-state index in [1.165, 1.54) is 11.8 Å². The monoisotopic (exact) mass is 379 g/mol. The number of methoxy groups -OCH3 is 1. The van der Waals surface area contributed by atoms with E-state index in [4.69, 9.17) is 20.8 Å². The molecule has 0 amide bonds. The summed E-state index contributed by atoms with van der Waals surface area (Å²) in [4.78, 5) is 0. The van der Waals surface area contributed by atoms with Crippen molar-refractivity contribution in [3.05, 3.63) is 41.1 Å². The van der Waals surface area contributed by atoms with Gasteiger partial charge in [0.25, 0.3) is 0 Å². The zero-order valence-electron chi connectivity index (χ0n) is 14.1. The van der Waals surface area contributed by atoms with Gasteiger partial charge in [0.15, 0.2) is 11.0 Å². The minimum atomic E-state index is -0.0373. The van der Waals surface area contributed by atoms with Gasteiger partial charge in [0.1, 0.15) is 0 Å². The first kappa shape index (κ1) is 17.9. The fourth-order valence-corrected chi connectivity index (χ4v) is 3.29. The molecule has 0 N–H and O–H groups in total. The van der Waals surface area contributed by atoms with E-state index >= 15 is 0 Å². The fourth-order valence-electron chi connectivity index (χ4n) is 2.26. The van der Waals surface area contributed by atoms with Crippen molar-refractivity contribution in [3.8, 4) is 11.4 Å². The van der Waals surface area contributed by atoms with E-state index in [1.54, 1.807) is 14.0 Å². The van der Waals surface area contributed by atoms with Crippen molar-refractivity contribution < 1.29 is 9.15 Å². The molecule has 3 aromatic rings. The Morgan fingerprint density at radius 1 is 1.20 bits per heavy atom. The van der Waals surface area contributed by atoms with Gasteiger partial charge in [-0.25, -0.2) is 0 Å². The largest absolute Gasteiger partial charge is 0.424 e. The second-order valence-corrected chi connectivity index (χ2v) is 7.12. The molecular formula is C16H18ClN5O2S. The van der Waals surface area contributed by atoms with Gasteiger partial charge >= 0.3 is 0 Å². The summed E-state index contributed by atoms with van der Waals surface area (Å²) in [5.41, 5.74) is 0.946. The van der Waals surface area contributed by atoms with E-state index in [2.05, 4.69) is 20.4 Å². The summed E-state index contributed by atoms with van der Waals surface area (Å²) in [6, 6.07) is 7.52. The molecule has 0 aliphatic rings. The Bertz CT molecular complexity index is 833. The van der Waals surface area contributed by atoms with Gasteiger partial charge in [-0.1, -0.05) is 23.4 Å². The van der Waals surface area contributed by atoms with Crippen LogP contribution in [0.3, 0.4) is 0 Å². The molecule has 0 aliphatic heterocycles. The van der Waals surface area contributed by atoms with Crippen molar-refractivity contribution in [1.82, 2.24) is 25.0 Å². The summed E-state index contributed by atoms with van der Waals surface area (Å²) in [5.74, 6) is 1.88. The number of hydrogen-bond donors (Lipinski definition) is 0. The van der Waals surface area contributed by atoms with Crippen molar-refractivity contribution in [2.75, 3.05) is 13.7 Å². The Kier molecular flexibility index (Phi) is 5.72. The molecule has 0 spiro atoms. The summed E-state index contributed by atoms with van der Waals surface area (Å²) < 4.78 is 12.8. The van der Waals surface area contributed by atoms with Gasteiger partial charge in [0.2, 0.25) is 11.8 Å². The van der Waals surface area contributed by atoms with Crippen LogP contribution in [-0.2, 0) is 11.3 Å². The highest BCUT2D eigenvalue weighted by Gasteiger charge is 2.20. The summed E-state index contributed by atoms with van der Waals surface area (Å²) in [5, 5.41) is 18.1. The number of nitrogens with zero attached hydrogens (tertiary/aromatic N) is 5. The van der Waals surface area contributed by atoms with Crippen molar-refractivity contribution in [3.63, 3.8) is 0 Å². The number of aromatic nitrogens is 5. The molecule has 0 aliphatic carbocycles. The third kappa shape index (κ3) is 4.20. The minimum absolute atomic E-state index is 0.0373.